The Morgan fingerprint density at radius 1 is 0.915 bits per heavy atom. The summed E-state index contributed by atoms with van der Waals surface area (Å²) >= 11 is 0. The summed E-state index contributed by atoms with van der Waals surface area (Å²) in [6.45, 7) is 29.8. The number of hydrogen-bond donors (Lipinski definition) is 1. The quantitative estimate of drug-likeness (QED) is 0.0695. The molecule has 0 radical (unpaired) electrons. The van der Waals surface area contributed by atoms with Crippen LogP contribution in [0.15, 0.2) is 36.5 Å². The van der Waals surface area contributed by atoms with Gasteiger partial charge in [0, 0.05) is 87.6 Å². The van der Waals surface area contributed by atoms with E-state index in [1.165, 1.54) is 19.4 Å². The van der Waals surface area contributed by atoms with E-state index in [4.69, 9.17) is 33.9 Å². The topological polar surface area (TPSA) is 118 Å². The number of ether oxygens (including phenoxy) is 4. The summed E-state index contributed by atoms with van der Waals surface area (Å²) in [5.74, 6) is 4.99. The number of carbonyl (C=O) groups is 1. The summed E-state index contributed by atoms with van der Waals surface area (Å²) in [6.07, 6.45) is 7.76. The number of hydrogen-bond acceptors (Lipinski definition) is 12. The Kier molecular flexibility index (Phi) is 15.2. The monoisotopic (exact) mass is 991 g/mol. The van der Waals surface area contributed by atoms with Crippen molar-refractivity contribution in [3.05, 3.63) is 47.9 Å². The largest absolute Gasteiger partial charge is 0.468 e. The molecule has 5 aliphatic rings. The minimum atomic E-state index is -2.13. The molecular formula is C56H79FN8O5Si. The van der Waals surface area contributed by atoms with E-state index in [2.05, 4.69) is 73.0 Å². The molecule has 9 rings (SSSR count). The number of aromatic nitrogens is 3. The van der Waals surface area contributed by atoms with Gasteiger partial charge in [0.15, 0.2) is 12.6 Å². The van der Waals surface area contributed by atoms with Crippen LogP contribution in [0.2, 0.25) is 16.6 Å². The fraction of sp³-hybridized carbons (Fsp3) is 0.643. The zero-order chi connectivity index (χ0) is 50.2. The Hall–Kier alpha value is -4.59. The van der Waals surface area contributed by atoms with E-state index in [-0.39, 0.29) is 47.6 Å². The lowest BCUT2D eigenvalue weighted by molar-refractivity contribution is 0.0122. The van der Waals surface area contributed by atoms with Gasteiger partial charge in [-0.1, -0.05) is 59.6 Å². The van der Waals surface area contributed by atoms with E-state index in [1.807, 2.05) is 56.0 Å². The Morgan fingerprint density at radius 3 is 2.23 bits per heavy atom. The number of nitrogens with zero attached hydrogens (tertiary/aromatic N) is 7. The molecule has 2 aromatic heterocycles. The fourth-order valence-electron chi connectivity index (χ4n) is 12.5. The number of carbonyl (C=O) groups excluding carboxylic acids is 1. The maximum absolute atomic E-state index is 18.1. The molecule has 15 heteroatoms. The minimum absolute atomic E-state index is 0.00403. The van der Waals surface area contributed by atoms with Crippen molar-refractivity contribution in [2.75, 3.05) is 90.9 Å². The van der Waals surface area contributed by atoms with Gasteiger partial charge in [-0.2, -0.15) is 9.97 Å². The van der Waals surface area contributed by atoms with Crippen molar-refractivity contribution in [1.29, 1.82) is 0 Å². The van der Waals surface area contributed by atoms with Gasteiger partial charge < -0.3 is 39.0 Å². The highest BCUT2D eigenvalue weighted by Gasteiger charge is 2.47. The van der Waals surface area contributed by atoms with Crippen LogP contribution >= 0.6 is 0 Å². The van der Waals surface area contributed by atoms with E-state index in [1.54, 1.807) is 13.3 Å². The number of fused-ring (bicyclic) bond motifs is 4. The molecule has 4 aliphatic heterocycles. The highest BCUT2D eigenvalue weighted by Crippen LogP contribution is 2.47. The average molecular weight is 991 g/mol. The molecule has 5 fully saturated rings. The maximum atomic E-state index is 18.1. The van der Waals surface area contributed by atoms with Gasteiger partial charge in [-0.15, -0.1) is 5.54 Å². The smallest absolute Gasteiger partial charge is 0.410 e. The van der Waals surface area contributed by atoms with Gasteiger partial charge in [0.1, 0.15) is 36.5 Å². The summed E-state index contributed by atoms with van der Waals surface area (Å²) in [7, 11) is -0.549. The summed E-state index contributed by atoms with van der Waals surface area (Å²) in [5.41, 5.74) is 6.28. The number of nitrogens with one attached hydrogen (secondary N) is 1. The maximum Gasteiger partial charge on any atom is 0.410 e. The van der Waals surface area contributed by atoms with E-state index in [0.717, 1.165) is 93.8 Å². The second-order valence-electron chi connectivity index (χ2n) is 23.3. The number of piperidine rings is 1. The van der Waals surface area contributed by atoms with Crippen LogP contribution in [-0.2, 0) is 9.47 Å². The van der Waals surface area contributed by atoms with Crippen LogP contribution in [-0.4, -0.2) is 147 Å². The molecule has 1 N–H and O–H groups in total. The third-order valence-electron chi connectivity index (χ3n) is 16.3. The minimum Gasteiger partial charge on any atom is -0.468 e. The lowest BCUT2D eigenvalue weighted by Crippen LogP contribution is -2.57. The molecule has 384 valence electrons. The first-order valence-electron chi connectivity index (χ1n) is 26.6. The second-order valence-corrected chi connectivity index (χ2v) is 28.9. The Labute approximate surface area is 422 Å². The summed E-state index contributed by atoms with van der Waals surface area (Å²) in [5, 5.41) is 5.66. The number of methoxy groups -OCH3 is 1. The Morgan fingerprint density at radius 2 is 1.59 bits per heavy atom. The summed E-state index contributed by atoms with van der Waals surface area (Å²) in [4.78, 5) is 37.9. The number of rotatable bonds is 15. The third kappa shape index (κ3) is 11.0. The van der Waals surface area contributed by atoms with Gasteiger partial charge in [0.2, 0.25) is 0 Å². The molecule has 71 heavy (non-hydrogen) atoms. The van der Waals surface area contributed by atoms with Crippen molar-refractivity contribution >= 4 is 41.7 Å². The molecule has 6 heterocycles. The summed E-state index contributed by atoms with van der Waals surface area (Å²) < 4.78 is 42.0. The molecule has 13 nitrogen and oxygen atoms in total. The zero-order valence-electron chi connectivity index (χ0n) is 44.2. The SMILES string of the molecule is COCOc1cc(-c2ncc3c(N4CC5CCC(C4)N5C(=O)OC(C)(C)C)nc(OCC4(CN5CCN(CC6CCNCC6)CC5)CC4)nc3c2F)c2c(C#C[Si](C(C)C)(C(C)C)C(C)C)cccc2c1. The second kappa shape index (κ2) is 21.1. The van der Waals surface area contributed by atoms with Crippen molar-refractivity contribution in [2.24, 2.45) is 11.3 Å². The highest BCUT2D eigenvalue weighted by atomic mass is 28.3. The van der Waals surface area contributed by atoms with Gasteiger partial charge >= 0.3 is 12.1 Å². The van der Waals surface area contributed by atoms with E-state index < -0.39 is 19.5 Å². The van der Waals surface area contributed by atoms with Gasteiger partial charge in [-0.3, -0.25) is 9.88 Å². The number of piperazine rings is 2. The molecule has 1 aliphatic carbocycles. The Bertz CT molecular complexity index is 2580. The predicted molar refractivity (Wildman–Crippen MR) is 283 cm³/mol. The highest BCUT2D eigenvalue weighted by molar-refractivity contribution is 6.90. The van der Waals surface area contributed by atoms with Crippen LogP contribution < -0.4 is 19.7 Å². The zero-order valence-corrected chi connectivity index (χ0v) is 45.2. The van der Waals surface area contributed by atoms with Crippen LogP contribution in [0.25, 0.3) is 32.9 Å². The van der Waals surface area contributed by atoms with E-state index in [9.17, 15) is 4.79 Å². The van der Waals surface area contributed by atoms with Crippen LogP contribution in [0, 0.1) is 28.6 Å². The standard InChI is InChI=1S/C56H79FN8O5Si/c1-37(2)71(38(3)4,39(5)6)27-18-41-12-11-13-42-28-45(69-36-67-10)29-46(48(41)42)50-49(57)51-47(30-59-50)52(64-32-43-14-15-44(33-64)65(43)54(66)70-55(7,8)9)61-53(60-51)68-35-56(19-20-56)34-63-25-23-62(24-26-63)31-40-16-21-58-22-17-40/h11-13,28-30,37-40,43-44,58H,14-17,19-26,31-36H2,1-10H3. The molecule has 4 saturated heterocycles. The van der Waals surface area contributed by atoms with Crippen molar-refractivity contribution in [3.63, 3.8) is 0 Å². The number of halogens is 1. The number of amides is 1. The Balaban J connectivity index is 1.08. The first kappa shape index (κ1) is 51.3. The van der Waals surface area contributed by atoms with Crippen LogP contribution in [0.1, 0.15) is 106 Å². The molecule has 1 amide bonds. The van der Waals surface area contributed by atoms with Crippen molar-refractivity contribution < 1.29 is 28.1 Å². The van der Waals surface area contributed by atoms with Crippen molar-refractivity contribution in [3.8, 4) is 34.5 Å². The summed E-state index contributed by atoms with van der Waals surface area (Å²) in [6, 6.07) is 9.83. The lowest BCUT2D eigenvalue weighted by Gasteiger charge is -2.42. The van der Waals surface area contributed by atoms with Gasteiger partial charge in [-0.05, 0) is 119 Å². The van der Waals surface area contributed by atoms with Crippen LogP contribution in [0.3, 0.4) is 0 Å². The molecule has 2 aromatic carbocycles. The molecule has 4 aromatic rings. The molecule has 1 saturated carbocycles. The first-order valence-corrected chi connectivity index (χ1v) is 28.8. The van der Waals surface area contributed by atoms with Gasteiger partial charge in [0.05, 0.1) is 24.1 Å². The van der Waals surface area contributed by atoms with E-state index in [0.29, 0.717) is 58.8 Å². The van der Waals surface area contributed by atoms with E-state index >= 15 is 4.39 Å². The number of pyridine rings is 1. The number of anilines is 1. The first-order chi connectivity index (χ1) is 34.0. The predicted octanol–water partition coefficient (Wildman–Crippen LogP) is 9.90. The van der Waals surface area contributed by atoms with Crippen molar-refractivity contribution in [2.45, 2.75) is 135 Å². The third-order valence-corrected chi connectivity index (χ3v) is 22.6. The molecule has 2 atom stereocenters. The van der Waals surface area contributed by atoms with Crippen LogP contribution in [0.4, 0.5) is 15.0 Å². The molecular weight excluding hydrogens is 912 g/mol. The van der Waals surface area contributed by atoms with Crippen LogP contribution in [0.5, 0.6) is 11.8 Å². The lowest BCUT2D eigenvalue weighted by atomic mass is 9.96. The van der Waals surface area contributed by atoms with Gasteiger partial charge in [0.25, 0.3) is 0 Å². The average Bonchev–Trinajstić information content (AvgIpc) is 4.04. The molecule has 0 spiro atoms. The van der Waals surface area contributed by atoms with Gasteiger partial charge in [-0.25, -0.2) is 9.18 Å². The normalized spacial score (nSPS) is 21.1. The fourth-order valence-corrected chi connectivity index (χ4v) is 17.7. The van der Waals surface area contributed by atoms with Crippen molar-refractivity contribution in [1.82, 2.24) is 35.0 Å². The number of benzene rings is 2. The molecule has 2 unspecified atom stereocenters. The molecule has 2 bridgehead atoms.